The van der Waals surface area contributed by atoms with Crippen LogP contribution in [-0.2, 0) is 14.3 Å². The van der Waals surface area contributed by atoms with E-state index in [0.717, 1.165) is 12.8 Å². The monoisotopic (exact) mass is 338 g/mol. The van der Waals surface area contributed by atoms with Gasteiger partial charge in [0.1, 0.15) is 6.10 Å². The van der Waals surface area contributed by atoms with E-state index in [-0.39, 0.29) is 12.0 Å². The Labute approximate surface area is 144 Å². The summed E-state index contributed by atoms with van der Waals surface area (Å²) in [5.74, 6) is -3.21. The average molecular weight is 338 g/mol. The maximum atomic E-state index is 12.8. The Hall–Kier alpha value is -1.36. The summed E-state index contributed by atoms with van der Waals surface area (Å²) in [7, 11) is 0. The molecular weight excluding hydrogens is 308 g/mol. The summed E-state index contributed by atoms with van der Waals surface area (Å²) >= 11 is 0. The van der Waals surface area contributed by atoms with Crippen molar-refractivity contribution in [3.63, 3.8) is 0 Å². The van der Waals surface area contributed by atoms with E-state index >= 15 is 0 Å². The highest BCUT2D eigenvalue weighted by molar-refractivity contribution is 5.96. The number of rotatable bonds is 4. The first-order valence-electron chi connectivity index (χ1n) is 8.63. The summed E-state index contributed by atoms with van der Waals surface area (Å²) in [6.07, 6.45) is 5.59. The molecule has 0 radical (unpaired) electrons. The van der Waals surface area contributed by atoms with Gasteiger partial charge < -0.3 is 14.9 Å². The van der Waals surface area contributed by atoms with E-state index in [2.05, 4.69) is 6.08 Å². The molecule has 0 spiro atoms. The number of carbonyl (C=O) groups excluding carboxylic acids is 1. The van der Waals surface area contributed by atoms with E-state index in [0.29, 0.717) is 5.92 Å². The highest BCUT2D eigenvalue weighted by Gasteiger charge is 2.61. The Morgan fingerprint density at radius 1 is 1.04 bits per heavy atom. The normalized spacial score (nSPS) is 28.0. The number of aliphatic hydroxyl groups is 1. The molecule has 0 aromatic carbocycles. The number of esters is 1. The molecule has 0 aliphatic heterocycles. The second-order valence-electron chi connectivity index (χ2n) is 9.29. The van der Waals surface area contributed by atoms with E-state index in [1.54, 1.807) is 41.5 Å². The van der Waals surface area contributed by atoms with Gasteiger partial charge in [0.05, 0.1) is 5.60 Å². The van der Waals surface area contributed by atoms with Crippen LogP contribution < -0.4 is 0 Å². The zero-order chi connectivity index (χ0) is 18.5. The van der Waals surface area contributed by atoms with Gasteiger partial charge in [-0.25, -0.2) is 0 Å². The molecule has 5 nitrogen and oxygen atoms in total. The predicted molar refractivity (Wildman–Crippen MR) is 90.2 cm³/mol. The molecule has 0 heterocycles. The van der Waals surface area contributed by atoms with Crippen molar-refractivity contribution < 1.29 is 24.5 Å². The molecule has 0 amide bonds. The third kappa shape index (κ3) is 2.99. The molecule has 2 aliphatic rings. The van der Waals surface area contributed by atoms with Gasteiger partial charge in [-0.2, -0.15) is 0 Å². The zero-order valence-corrected chi connectivity index (χ0v) is 15.5. The highest BCUT2D eigenvalue weighted by Crippen LogP contribution is 2.50. The molecule has 2 rings (SSSR count). The summed E-state index contributed by atoms with van der Waals surface area (Å²) in [5, 5.41) is 21.1. The number of allylic oxidation sites excluding steroid dienone is 1. The van der Waals surface area contributed by atoms with Gasteiger partial charge in [-0.15, -0.1) is 0 Å². The van der Waals surface area contributed by atoms with Crippen molar-refractivity contribution in [3.8, 4) is 0 Å². The molecule has 5 heteroatoms. The van der Waals surface area contributed by atoms with Crippen LogP contribution in [0.5, 0.6) is 0 Å². The Morgan fingerprint density at radius 3 is 1.92 bits per heavy atom. The molecular formula is C19H30O5. The number of carboxylic acids is 1. The van der Waals surface area contributed by atoms with Crippen molar-refractivity contribution in [1.82, 2.24) is 0 Å². The lowest BCUT2D eigenvalue weighted by molar-refractivity contribution is -0.209. The first-order valence-corrected chi connectivity index (χ1v) is 8.63. The first kappa shape index (κ1) is 19.0. The van der Waals surface area contributed by atoms with Gasteiger partial charge >= 0.3 is 11.9 Å². The van der Waals surface area contributed by atoms with Crippen LogP contribution in [0.25, 0.3) is 0 Å². The smallest absolute Gasteiger partial charge is 0.323 e. The molecule has 24 heavy (non-hydrogen) atoms. The third-order valence-electron chi connectivity index (χ3n) is 5.67. The number of aliphatic carboxylic acids is 1. The minimum absolute atomic E-state index is 0.172. The van der Waals surface area contributed by atoms with Gasteiger partial charge in [-0.3, -0.25) is 9.59 Å². The minimum Gasteiger partial charge on any atom is -0.481 e. The van der Waals surface area contributed by atoms with Crippen molar-refractivity contribution in [1.29, 1.82) is 0 Å². The molecule has 136 valence electrons. The Bertz CT molecular complexity index is 535. The SMILES string of the molecule is CC(C)(C)C(O)(C(C(=O)O)C(=O)OC1CC2C=CC1C2)C(C)(C)C. The standard InChI is InChI=1S/C19H30O5/c1-17(2,3)19(23,18(4,5)6)14(15(20)21)16(22)24-13-10-11-7-8-12(13)9-11/h7-8,11-14,23H,9-10H2,1-6H3,(H,20,21). The Balaban J connectivity index is 2.31. The summed E-state index contributed by atoms with van der Waals surface area (Å²) < 4.78 is 5.57. The lowest BCUT2D eigenvalue weighted by Crippen LogP contribution is -2.63. The van der Waals surface area contributed by atoms with Gasteiger partial charge in [-0.05, 0) is 29.6 Å². The van der Waals surface area contributed by atoms with E-state index in [1.807, 2.05) is 6.08 Å². The maximum absolute atomic E-state index is 12.8. The van der Waals surface area contributed by atoms with E-state index in [4.69, 9.17) is 4.74 Å². The number of hydrogen-bond acceptors (Lipinski definition) is 4. The summed E-state index contributed by atoms with van der Waals surface area (Å²) in [6, 6.07) is 0. The van der Waals surface area contributed by atoms with Crippen molar-refractivity contribution >= 4 is 11.9 Å². The first-order chi connectivity index (χ1) is 10.8. The average Bonchev–Trinajstić information content (AvgIpc) is 2.97. The number of carboxylic acid groups (broad SMARTS) is 1. The van der Waals surface area contributed by atoms with E-state index in [1.165, 1.54) is 0 Å². The Morgan fingerprint density at radius 2 is 1.58 bits per heavy atom. The fourth-order valence-corrected chi connectivity index (χ4v) is 4.52. The molecule has 2 bridgehead atoms. The molecule has 4 atom stereocenters. The van der Waals surface area contributed by atoms with Crippen LogP contribution in [0.1, 0.15) is 54.4 Å². The quantitative estimate of drug-likeness (QED) is 0.468. The van der Waals surface area contributed by atoms with Crippen molar-refractivity contribution in [2.45, 2.75) is 66.1 Å². The number of ether oxygens (including phenoxy) is 1. The van der Waals surface area contributed by atoms with Crippen LogP contribution in [0.15, 0.2) is 12.2 Å². The molecule has 2 N–H and O–H groups in total. The highest BCUT2D eigenvalue weighted by atomic mass is 16.5. The number of fused-ring (bicyclic) bond motifs is 2. The number of carbonyl (C=O) groups is 2. The second kappa shape index (κ2) is 5.87. The topological polar surface area (TPSA) is 83.8 Å². The molecule has 0 aromatic rings. The van der Waals surface area contributed by atoms with Crippen molar-refractivity contribution in [2.75, 3.05) is 0 Å². The second-order valence-corrected chi connectivity index (χ2v) is 9.29. The third-order valence-corrected chi connectivity index (χ3v) is 5.67. The summed E-state index contributed by atoms with van der Waals surface area (Å²) in [5.41, 5.74) is -3.39. The van der Waals surface area contributed by atoms with E-state index in [9.17, 15) is 19.8 Å². The number of hydrogen-bond donors (Lipinski definition) is 2. The minimum atomic E-state index is -1.75. The molecule has 2 aliphatic carbocycles. The largest absolute Gasteiger partial charge is 0.481 e. The van der Waals surface area contributed by atoms with Crippen LogP contribution in [-0.4, -0.2) is 33.9 Å². The van der Waals surface area contributed by atoms with Crippen LogP contribution in [0, 0.1) is 28.6 Å². The Kier molecular flexibility index (Phi) is 4.64. The lowest BCUT2D eigenvalue weighted by atomic mass is 9.57. The fourth-order valence-electron chi connectivity index (χ4n) is 4.52. The molecule has 1 fully saturated rings. The molecule has 0 aromatic heterocycles. The fraction of sp³-hybridized carbons (Fsp3) is 0.789. The van der Waals surface area contributed by atoms with Gasteiger partial charge in [-0.1, -0.05) is 53.7 Å². The van der Waals surface area contributed by atoms with Crippen LogP contribution in [0.2, 0.25) is 0 Å². The van der Waals surface area contributed by atoms with E-state index < -0.39 is 34.3 Å². The molecule has 4 unspecified atom stereocenters. The van der Waals surface area contributed by atoms with Crippen molar-refractivity contribution in [3.05, 3.63) is 12.2 Å². The lowest BCUT2D eigenvalue weighted by Gasteiger charge is -2.51. The van der Waals surface area contributed by atoms with Gasteiger partial charge in [0, 0.05) is 5.92 Å². The van der Waals surface area contributed by atoms with Gasteiger partial charge in [0.25, 0.3) is 0 Å². The van der Waals surface area contributed by atoms with Crippen LogP contribution in [0.4, 0.5) is 0 Å². The van der Waals surface area contributed by atoms with Gasteiger partial charge in [0.2, 0.25) is 0 Å². The molecule has 0 saturated heterocycles. The molecule has 1 saturated carbocycles. The maximum Gasteiger partial charge on any atom is 0.323 e. The zero-order valence-electron chi connectivity index (χ0n) is 15.5. The van der Waals surface area contributed by atoms with Crippen LogP contribution in [0.3, 0.4) is 0 Å². The van der Waals surface area contributed by atoms with Crippen molar-refractivity contribution in [2.24, 2.45) is 28.6 Å². The van der Waals surface area contributed by atoms with Crippen LogP contribution >= 0.6 is 0 Å². The summed E-state index contributed by atoms with van der Waals surface area (Å²) in [6.45, 7) is 10.5. The predicted octanol–water partition coefficient (Wildman–Crippen LogP) is 3.02. The summed E-state index contributed by atoms with van der Waals surface area (Å²) in [4.78, 5) is 24.7. The van der Waals surface area contributed by atoms with Gasteiger partial charge in [0.15, 0.2) is 5.92 Å².